The van der Waals surface area contributed by atoms with Crippen molar-refractivity contribution in [3.63, 3.8) is 0 Å². The van der Waals surface area contributed by atoms with E-state index < -0.39 is 12.1 Å². The summed E-state index contributed by atoms with van der Waals surface area (Å²) in [5.41, 5.74) is 4.59. The molecule has 0 fully saturated rings. The molecule has 6 nitrogen and oxygen atoms in total. The fourth-order valence-corrected chi connectivity index (χ4v) is 4.06. The van der Waals surface area contributed by atoms with Crippen molar-refractivity contribution in [3.05, 3.63) is 59.7 Å². The van der Waals surface area contributed by atoms with Gasteiger partial charge in [0.25, 0.3) is 0 Å². The lowest BCUT2D eigenvalue weighted by Crippen LogP contribution is -2.48. The summed E-state index contributed by atoms with van der Waals surface area (Å²) >= 11 is 1.45. The van der Waals surface area contributed by atoms with Gasteiger partial charge < -0.3 is 15.4 Å². The number of carbonyl (C=O) groups excluding carboxylic acids is 2. The first-order valence-corrected chi connectivity index (χ1v) is 10.8. The first-order chi connectivity index (χ1) is 14.2. The molecule has 0 spiro atoms. The molecule has 0 bridgehead atoms. The zero-order valence-corrected chi connectivity index (χ0v) is 17.0. The predicted molar refractivity (Wildman–Crippen MR) is 114 cm³/mol. The molecule has 2 aromatic carbocycles. The summed E-state index contributed by atoms with van der Waals surface area (Å²) in [7, 11) is 0. The second-order valence-electron chi connectivity index (χ2n) is 6.68. The molecule has 0 saturated carbocycles. The highest BCUT2D eigenvalue weighted by Gasteiger charge is 2.29. The van der Waals surface area contributed by atoms with E-state index in [9.17, 15) is 9.59 Å². The minimum absolute atomic E-state index is 0.0309. The van der Waals surface area contributed by atoms with Crippen molar-refractivity contribution >= 4 is 23.8 Å². The van der Waals surface area contributed by atoms with E-state index in [1.807, 2.05) is 36.6 Å². The van der Waals surface area contributed by atoms with Crippen LogP contribution in [0.4, 0.5) is 4.79 Å². The van der Waals surface area contributed by atoms with Gasteiger partial charge in [0.2, 0.25) is 5.91 Å². The molecular formula is C22H23N3O3S. The molecule has 1 aliphatic rings. The van der Waals surface area contributed by atoms with Crippen molar-refractivity contribution in [2.45, 2.75) is 18.4 Å². The second kappa shape index (κ2) is 9.99. The van der Waals surface area contributed by atoms with Gasteiger partial charge in [-0.2, -0.15) is 17.0 Å². The largest absolute Gasteiger partial charge is 0.449 e. The molecule has 0 aromatic heterocycles. The second-order valence-corrected chi connectivity index (χ2v) is 7.59. The topological polar surface area (TPSA) is 91.2 Å². The molecule has 1 unspecified atom stereocenters. The van der Waals surface area contributed by atoms with Crippen LogP contribution in [0.3, 0.4) is 0 Å². The lowest BCUT2D eigenvalue weighted by Gasteiger charge is -2.19. The highest BCUT2D eigenvalue weighted by molar-refractivity contribution is 7.98. The number of amides is 2. The van der Waals surface area contributed by atoms with Crippen LogP contribution in [0.15, 0.2) is 48.5 Å². The first kappa shape index (κ1) is 20.7. The summed E-state index contributed by atoms with van der Waals surface area (Å²) in [5, 5.41) is 13.9. The zero-order valence-electron chi connectivity index (χ0n) is 16.2. The molecule has 29 heavy (non-hydrogen) atoms. The number of ether oxygens (including phenoxy) is 1. The number of nitrogens with zero attached hydrogens (tertiary/aromatic N) is 1. The van der Waals surface area contributed by atoms with E-state index in [4.69, 9.17) is 10.00 Å². The third kappa shape index (κ3) is 4.90. The summed E-state index contributed by atoms with van der Waals surface area (Å²) in [6.07, 6.45) is 1.46. The Bertz CT molecular complexity index is 880. The quantitative estimate of drug-likeness (QED) is 0.653. The van der Waals surface area contributed by atoms with Crippen LogP contribution in [-0.2, 0) is 9.53 Å². The smallest absolute Gasteiger partial charge is 0.407 e. The standard InChI is InChI=1S/C22H23N3O3S/c1-29-14-20(21(26)24-12-6-11-23)25-22(27)28-13-19-17-9-4-2-7-15(17)16-8-3-5-10-18(16)19/h2-5,7-10,19-20H,6,12-14H2,1H3,(H,24,26)(H,25,27). The van der Waals surface area contributed by atoms with Gasteiger partial charge in [0.15, 0.2) is 0 Å². The van der Waals surface area contributed by atoms with Gasteiger partial charge in [0.05, 0.1) is 12.5 Å². The maximum Gasteiger partial charge on any atom is 0.407 e. The van der Waals surface area contributed by atoms with Gasteiger partial charge in [-0.25, -0.2) is 4.79 Å². The third-order valence-corrected chi connectivity index (χ3v) is 5.49. The lowest BCUT2D eigenvalue weighted by molar-refractivity contribution is -0.122. The molecule has 0 radical (unpaired) electrons. The Morgan fingerprint density at radius 2 is 1.76 bits per heavy atom. The maximum atomic E-state index is 12.4. The Labute approximate surface area is 174 Å². The van der Waals surface area contributed by atoms with E-state index in [-0.39, 0.29) is 31.4 Å². The SMILES string of the molecule is CSCC(NC(=O)OCC1c2ccccc2-c2ccccc21)C(=O)NCCC#N. The Morgan fingerprint density at radius 1 is 1.14 bits per heavy atom. The van der Waals surface area contributed by atoms with E-state index in [0.29, 0.717) is 5.75 Å². The summed E-state index contributed by atoms with van der Waals surface area (Å²) in [4.78, 5) is 24.6. The molecule has 3 rings (SSSR count). The van der Waals surface area contributed by atoms with E-state index >= 15 is 0 Å². The van der Waals surface area contributed by atoms with Crippen LogP contribution >= 0.6 is 11.8 Å². The summed E-state index contributed by atoms with van der Waals surface area (Å²) < 4.78 is 5.50. The monoisotopic (exact) mass is 409 g/mol. The van der Waals surface area contributed by atoms with Crippen LogP contribution < -0.4 is 10.6 Å². The molecule has 0 saturated heterocycles. The van der Waals surface area contributed by atoms with Crippen LogP contribution in [-0.4, -0.2) is 43.2 Å². The lowest BCUT2D eigenvalue weighted by atomic mass is 9.98. The molecular weight excluding hydrogens is 386 g/mol. The molecule has 2 aromatic rings. The van der Waals surface area contributed by atoms with Crippen molar-refractivity contribution in [2.24, 2.45) is 0 Å². The van der Waals surface area contributed by atoms with Crippen molar-refractivity contribution in [1.82, 2.24) is 10.6 Å². The average Bonchev–Trinajstić information content (AvgIpc) is 3.06. The molecule has 1 atom stereocenters. The van der Waals surface area contributed by atoms with Crippen LogP contribution in [0, 0.1) is 11.3 Å². The number of alkyl carbamates (subject to hydrolysis) is 1. The van der Waals surface area contributed by atoms with E-state index in [0.717, 1.165) is 22.3 Å². The van der Waals surface area contributed by atoms with Gasteiger partial charge >= 0.3 is 6.09 Å². The molecule has 1 aliphatic carbocycles. The normalized spacial score (nSPS) is 13.0. The highest BCUT2D eigenvalue weighted by atomic mass is 32.2. The Kier molecular flexibility index (Phi) is 7.14. The van der Waals surface area contributed by atoms with Crippen LogP contribution in [0.5, 0.6) is 0 Å². The van der Waals surface area contributed by atoms with Crippen LogP contribution in [0.25, 0.3) is 11.1 Å². The van der Waals surface area contributed by atoms with Gasteiger partial charge in [-0.1, -0.05) is 48.5 Å². The van der Waals surface area contributed by atoms with Crippen molar-refractivity contribution in [2.75, 3.05) is 25.2 Å². The number of fused-ring (bicyclic) bond motifs is 3. The van der Waals surface area contributed by atoms with Gasteiger partial charge in [-0.05, 0) is 28.5 Å². The number of hydrogen-bond acceptors (Lipinski definition) is 5. The predicted octanol–water partition coefficient (Wildman–Crippen LogP) is 3.29. The summed E-state index contributed by atoms with van der Waals surface area (Å²) in [5.74, 6) is 0.0717. The molecule has 0 aliphatic heterocycles. The number of thioether (sulfide) groups is 1. The zero-order chi connectivity index (χ0) is 20.6. The molecule has 150 valence electrons. The highest BCUT2D eigenvalue weighted by Crippen LogP contribution is 2.44. The van der Waals surface area contributed by atoms with E-state index in [2.05, 4.69) is 34.9 Å². The number of hydrogen-bond donors (Lipinski definition) is 2. The number of rotatable bonds is 8. The molecule has 0 heterocycles. The van der Waals surface area contributed by atoms with Crippen LogP contribution in [0.1, 0.15) is 23.5 Å². The van der Waals surface area contributed by atoms with Gasteiger partial charge in [0, 0.05) is 18.2 Å². The van der Waals surface area contributed by atoms with E-state index in [1.165, 1.54) is 11.8 Å². The van der Waals surface area contributed by atoms with E-state index in [1.54, 1.807) is 0 Å². The summed E-state index contributed by atoms with van der Waals surface area (Å²) in [6, 6.07) is 17.5. The third-order valence-electron chi connectivity index (χ3n) is 4.82. The average molecular weight is 410 g/mol. The fraction of sp³-hybridized carbons (Fsp3) is 0.318. The van der Waals surface area contributed by atoms with Gasteiger partial charge in [0.1, 0.15) is 12.6 Å². The van der Waals surface area contributed by atoms with Crippen LogP contribution in [0.2, 0.25) is 0 Å². The fourth-order valence-electron chi connectivity index (χ4n) is 3.50. The Hall–Kier alpha value is -2.98. The van der Waals surface area contributed by atoms with Crippen molar-refractivity contribution in [1.29, 1.82) is 5.26 Å². The minimum atomic E-state index is -0.709. The summed E-state index contributed by atoms with van der Waals surface area (Å²) in [6.45, 7) is 0.453. The number of nitriles is 1. The van der Waals surface area contributed by atoms with Gasteiger partial charge in [-0.3, -0.25) is 4.79 Å². The minimum Gasteiger partial charge on any atom is -0.449 e. The van der Waals surface area contributed by atoms with Crippen molar-refractivity contribution in [3.8, 4) is 17.2 Å². The first-order valence-electron chi connectivity index (χ1n) is 9.40. The molecule has 7 heteroatoms. The van der Waals surface area contributed by atoms with Gasteiger partial charge in [-0.15, -0.1) is 0 Å². The molecule has 2 amide bonds. The Morgan fingerprint density at radius 3 is 2.34 bits per heavy atom. The Balaban J connectivity index is 1.63. The number of carbonyl (C=O) groups is 2. The number of benzene rings is 2. The van der Waals surface area contributed by atoms with Crippen molar-refractivity contribution < 1.29 is 14.3 Å². The number of nitrogens with one attached hydrogen (secondary N) is 2. The maximum absolute atomic E-state index is 12.4. The molecule has 2 N–H and O–H groups in total.